The van der Waals surface area contributed by atoms with Crippen LogP contribution >= 0.6 is 0 Å². The quantitative estimate of drug-likeness (QED) is 0.141. The van der Waals surface area contributed by atoms with Gasteiger partial charge in [-0.15, -0.1) is 0 Å². The molecule has 0 aliphatic carbocycles. The van der Waals surface area contributed by atoms with Crippen LogP contribution in [0.1, 0.15) is 94.6 Å². The number of hydrogen-bond donors (Lipinski definition) is 7. The van der Waals surface area contributed by atoms with E-state index in [-0.39, 0.29) is 12.2 Å². The van der Waals surface area contributed by atoms with Crippen molar-refractivity contribution >= 4 is 35.8 Å². The highest BCUT2D eigenvalue weighted by atomic mass is 16.6. The first-order valence-corrected chi connectivity index (χ1v) is 15.4. The second kappa shape index (κ2) is 15.2. The van der Waals surface area contributed by atoms with E-state index in [2.05, 4.69) is 21.3 Å². The molecular formula is C33H52N4O11. The van der Waals surface area contributed by atoms with Gasteiger partial charge in [-0.2, -0.15) is 0 Å². The number of amides is 4. The summed E-state index contributed by atoms with van der Waals surface area (Å²) in [5, 5.41) is 38.4. The molecule has 0 saturated heterocycles. The molecule has 4 amide bonds. The highest BCUT2D eigenvalue weighted by molar-refractivity contribution is 5.99. The van der Waals surface area contributed by atoms with Crippen molar-refractivity contribution in [1.29, 1.82) is 0 Å². The molecule has 0 fully saturated rings. The van der Waals surface area contributed by atoms with E-state index in [4.69, 9.17) is 14.6 Å². The minimum atomic E-state index is -2.37. The van der Waals surface area contributed by atoms with Gasteiger partial charge in [0.15, 0.2) is 0 Å². The third-order valence-electron chi connectivity index (χ3n) is 7.04. The van der Waals surface area contributed by atoms with Crippen LogP contribution in [0.5, 0.6) is 5.75 Å². The van der Waals surface area contributed by atoms with Crippen molar-refractivity contribution in [3.05, 3.63) is 29.8 Å². The summed E-state index contributed by atoms with van der Waals surface area (Å²) < 4.78 is 11.4. The van der Waals surface area contributed by atoms with Crippen LogP contribution in [0, 0.1) is 5.41 Å². The van der Waals surface area contributed by atoms with E-state index in [9.17, 15) is 39.0 Å². The first kappa shape index (κ1) is 41.6. The minimum Gasteiger partial charge on any atom is -0.508 e. The number of hydrogen-bond acceptors (Lipinski definition) is 9. The van der Waals surface area contributed by atoms with Crippen LogP contribution in [-0.2, 0) is 39.9 Å². The summed E-state index contributed by atoms with van der Waals surface area (Å²) in [6.07, 6.45) is -2.25. The highest BCUT2D eigenvalue weighted by Gasteiger charge is 2.53. The van der Waals surface area contributed by atoms with Gasteiger partial charge >= 0.3 is 18.0 Å². The highest BCUT2D eigenvalue weighted by Crippen LogP contribution is 2.36. The fourth-order valence-electron chi connectivity index (χ4n) is 4.62. The molecule has 0 bridgehead atoms. The van der Waals surface area contributed by atoms with Crippen LogP contribution in [0.25, 0.3) is 0 Å². The summed E-state index contributed by atoms with van der Waals surface area (Å²) in [5.41, 5.74) is -8.54. The molecule has 2 atom stereocenters. The van der Waals surface area contributed by atoms with Crippen molar-refractivity contribution in [2.45, 2.75) is 123 Å². The Morgan fingerprint density at radius 2 is 1.23 bits per heavy atom. The number of ether oxygens (including phenoxy) is 2. The van der Waals surface area contributed by atoms with Gasteiger partial charge in [-0.3, -0.25) is 24.0 Å². The zero-order valence-electron chi connectivity index (χ0n) is 29.7. The van der Waals surface area contributed by atoms with E-state index < -0.39 is 88.6 Å². The van der Waals surface area contributed by atoms with Gasteiger partial charge in [0.1, 0.15) is 29.0 Å². The zero-order valence-corrected chi connectivity index (χ0v) is 29.7. The molecule has 1 rings (SSSR count). The maximum Gasteiger partial charge on any atom is 0.408 e. The maximum absolute atomic E-state index is 14.5. The number of nitrogens with one attached hydrogen (secondary N) is 4. The first-order chi connectivity index (χ1) is 21.5. The number of aromatic hydroxyl groups is 1. The Balaban J connectivity index is 3.71. The van der Waals surface area contributed by atoms with Crippen LogP contribution in [0.4, 0.5) is 4.79 Å². The number of aliphatic carboxylic acids is 2. The normalized spacial score (nSPS) is 14.8. The Morgan fingerprint density at radius 3 is 1.67 bits per heavy atom. The standard InChI is InChI=1S/C33H52N4O11/c1-28(2,3)32(37-27(46)47-29(4,5)6,18-20-12-14-21(38)15-13-20)25(44)35-31(10,11)24(43)36-33(17-16-22(39)40,48-30(7,8)9)26(45)34-19-23(41)42/h12-15,38H,16-19H2,1-11H3,(H,34,45)(H,35,44)(H,36,43)(H,37,46)(H,39,40)(H,41,42)/t32-,33-/m1/s1. The second-order valence-corrected chi connectivity index (χ2v) is 15.2. The topological polar surface area (TPSA) is 230 Å². The molecule has 270 valence electrons. The third kappa shape index (κ3) is 12.3. The van der Waals surface area contributed by atoms with Gasteiger partial charge in [-0.25, -0.2) is 4.79 Å². The van der Waals surface area contributed by atoms with Gasteiger partial charge in [-0.05, 0) is 78.5 Å². The Bertz CT molecular complexity index is 1360. The van der Waals surface area contributed by atoms with E-state index in [1.165, 1.54) is 26.0 Å². The largest absolute Gasteiger partial charge is 0.508 e. The zero-order chi connectivity index (χ0) is 37.5. The minimum absolute atomic E-state index is 0.0151. The van der Waals surface area contributed by atoms with Gasteiger partial charge < -0.3 is 46.1 Å². The van der Waals surface area contributed by atoms with E-state index in [1.54, 1.807) is 74.4 Å². The lowest BCUT2D eigenvalue weighted by molar-refractivity contribution is -0.184. The Kier molecular flexibility index (Phi) is 13.2. The number of benzene rings is 1. The molecule has 15 nitrogen and oxygen atoms in total. The van der Waals surface area contributed by atoms with E-state index in [0.29, 0.717) is 5.56 Å². The lowest BCUT2D eigenvalue weighted by Gasteiger charge is -2.46. The monoisotopic (exact) mass is 680 g/mol. The molecule has 7 N–H and O–H groups in total. The lowest BCUT2D eigenvalue weighted by atomic mass is 9.69. The summed E-state index contributed by atoms with van der Waals surface area (Å²) in [7, 11) is 0. The van der Waals surface area contributed by atoms with Crippen LogP contribution in [0.15, 0.2) is 24.3 Å². The summed E-state index contributed by atoms with van der Waals surface area (Å²) in [6, 6.07) is 6.00. The predicted octanol–water partition coefficient (Wildman–Crippen LogP) is 2.83. The average molecular weight is 681 g/mol. The molecule has 1 aromatic rings. The number of phenols is 1. The summed E-state index contributed by atoms with van der Waals surface area (Å²) in [5.74, 6) is -5.63. The van der Waals surface area contributed by atoms with Gasteiger partial charge in [0.05, 0.1) is 12.0 Å². The van der Waals surface area contributed by atoms with Crippen molar-refractivity contribution in [3.8, 4) is 5.75 Å². The maximum atomic E-state index is 14.5. The summed E-state index contributed by atoms with van der Waals surface area (Å²) in [4.78, 5) is 77.9. The van der Waals surface area contributed by atoms with Gasteiger partial charge in [0.2, 0.25) is 17.5 Å². The van der Waals surface area contributed by atoms with Crippen molar-refractivity contribution in [2.75, 3.05) is 6.54 Å². The first-order valence-electron chi connectivity index (χ1n) is 15.4. The fraction of sp³-hybridized carbons (Fsp3) is 0.636. The van der Waals surface area contributed by atoms with Gasteiger partial charge in [0, 0.05) is 12.8 Å². The van der Waals surface area contributed by atoms with E-state index in [0.717, 1.165) is 0 Å². The number of alkyl carbamates (subject to hydrolysis) is 1. The van der Waals surface area contributed by atoms with Crippen molar-refractivity contribution in [2.24, 2.45) is 5.41 Å². The number of carboxylic acid groups (broad SMARTS) is 2. The second-order valence-electron chi connectivity index (χ2n) is 15.2. The summed E-state index contributed by atoms with van der Waals surface area (Å²) in [6.45, 7) is 16.5. The molecule has 0 saturated carbocycles. The molecule has 15 heteroatoms. The number of phenolic OH excluding ortho intramolecular Hbond substituents is 1. The number of rotatable bonds is 14. The van der Waals surface area contributed by atoms with Crippen LogP contribution < -0.4 is 21.3 Å². The Morgan fingerprint density at radius 1 is 0.688 bits per heavy atom. The smallest absolute Gasteiger partial charge is 0.408 e. The van der Waals surface area contributed by atoms with E-state index in [1.807, 2.05) is 0 Å². The van der Waals surface area contributed by atoms with Crippen LogP contribution in [0.3, 0.4) is 0 Å². The number of carbonyl (C=O) groups excluding carboxylic acids is 4. The van der Waals surface area contributed by atoms with Crippen LogP contribution in [0.2, 0.25) is 0 Å². The Hall–Kier alpha value is -4.40. The molecule has 0 aliphatic heterocycles. The molecule has 0 spiro atoms. The molecule has 0 heterocycles. The molecule has 0 radical (unpaired) electrons. The van der Waals surface area contributed by atoms with Gasteiger partial charge in [0.25, 0.3) is 5.91 Å². The van der Waals surface area contributed by atoms with Crippen LogP contribution in [-0.4, -0.2) is 85.6 Å². The molecular weight excluding hydrogens is 628 g/mol. The summed E-state index contributed by atoms with van der Waals surface area (Å²) >= 11 is 0. The van der Waals surface area contributed by atoms with Crippen molar-refractivity contribution < 1.29 is 53.6 Å². The molecule has 0 aromatic heterocycles. The molecule has 0 unspecified atom stereocenters. The lowest BCUT2D eigenvalue weighted by Crippen LogP contribution is -2.72. The SMILES string of the molecule is CC(C)(C)OC(=O)N[C@](Cc1ccc(O)cc1)(C(=O)NC(C)(C)C(=O)N[C@](CCC(=O)O)(OC(C)(C)C)C(=O)NCC(=O)O)C(C)(C)C. The van der Waals surface area contributed by atoms with Crippen molar-refractivity contribution in [1.82, 2.24) is 21.3 Å². The molecule has 1 aromatic carbocycles. The van der Waals surface area contributed by atoms with Gasteiger partial charge in [-0.1, -0.05) is 32.9 Å². The fourth-order valence-corrected chi connectivity index (χ4v) is 4.62. The third-order valence-corrected chi connectivity index (χ3v) is 7.04. The van der Waals surface area contributed by atoms with E-state index >= 15 is 0 Å². The molecule has 48 heavy (non-hydrogen) atoms. The Labute approximate surface area is 281 Å². The number of carboxylic acids is 2. The predicted molar refractivity (Wildman–Crippen MR) is 175 cm³/mol. The number of carbonyl (C=O) groups is 6. The average Bonchev–Trinajstić information content (AvgIpc) is 2.88. The molecule has 0 aliphatic rings. The van der Waals surface area contributed by atoms with Crippen molar-refractivity contribution in [3.63, 3.8) is 0 Å².